The van der Waals surface area contributed by atoms with Crippen LogP contribution >= 0.6 is 0 Å². The van der Waals surface area contributed by atoms with Crippen LogP contribution in [0.15, 0.2) is 112 Å². The molecule has 4 aromatic carbocycles. The number of piperazine rings is 1. The Balaban J connectivity index is 1.06. The van der Waals surface area contributed by atoms with Gasteiger partial charge in [-0.05, 0) is 73.2 Å². The lowest BCUT2D eigenvalue weighted by Gasteiger charge is -2.36. The molecule has 5 aromatic rings. The van der Waals surface area contributed by atoms with E-state index in [1.807, 2.05) is 78.6 Å². The highest BCUT2D eigenvalue weighted by Gasteiger charge is 2.22. The van der Waals surface area contributed by atoms with Gasteiger partial charge in [0.2, 0.25) is 0 Å². The van der Waals surface area contributed by atoms with Crippen molar-refractivity contribution in [2.24, 2.45) is 0 Å². The standard InChI is InChI=1S/C34H29N3O4/c1-23-6-8-26(9-7-23)33(39)37-20-18-36(19-21-37)29-16-14-28(15-17-29)35-32(38)25-12-10-24(11-13-25)30-22-27-4-2-3-5-31(27)41-34(30)40/h2-17,22H,18-21H2,1H3,(H,35,38). The molecule has 2 heterocycles. The molecule has 0 radical (unpaired) electrons. The van der Waals surface area contributed by atoms with Crippen LogP contribution in [0.2, 0.25) is 0 Å². The monoisotopic (exact) mass is 543 g/mol. The molecule has 0 atom stereocenters. The van der Waals surface area contributed by atoms with E-state index in [9.17, 15) is 14.4 Å². The zero-order chi connectivity index (χ0) is 28.3. The van der Waals surface area contributed by atoms with E-state index >= 15 is 0 Å². The maximum Gasteiger partial charge on any atom is 0.344 e. The minimum Gasteiger partial charge on any atom is -0.422 e. The van der Waals surface area contributed by atoms with Crippen molar-refractivity contribution in [3.63, 3.8) is 0 Å². The number of aryl methyl sites for hydroxylation is 1. The third-order valence-corrected chi connectivity index (χ3v) is 7.46. The molecule has 204 valence electrons. The van der Waals surface area contributed by atoms with Crippen molar-refractivity contribution in [3.8, 4) is 11.1 Å². The van der Waals surface area contributed by atoms with Crippen molar-refractivity contribution in [1.29, 1.82) is 0 Å². The quantitative estimate of drug-likeness (QED) is 0.276. The normalized spacial score (nSPS) is 13.3. The number of hydrogen-bond acceptors (Lipinski definition) is 5. The van der Waals surface area contributed by atoms with E-state index in [1.54, 1.807) is 36.4 Å². The molecule has 7 nitrogen and oxygen atoms in total. The van der Waals surface area contributed by atoms with Crippen LogP contribution < -0.4 is 15.8 Å². The summed E-state index contributed by atoms with van der Waals surface area (Å²) in [5.41, 5.74) is 5.33. The summed E-state index contributed by atoms with van der Waals surface area (Å²) in [6.07, 6.45) is 0. The van der Waals surface area contributed by atoms with Gasteiger partial charge in [-0.15, -0.1) is 0 Å². The molecule has 0 aliphatic carbocycles. The van der Waals surface area contributed by atoms with Crippen LogP contribution in [0.3, 0.4) is 0 Å². The number of fused-ring (bicyclic) bond motifs is 1. The fourth-order valence-electron chi connectivity index (χ4n) is 5.07. The summed E-state index contributed by atoms with van der Waals surface area (Å²) in [5, 5.41) is 3.77. The van der Waals surface area contributed by atoms with Gasteiger partial charge in [-0.3, -0.25) is 9.59 Å². The van der Waals surface area contributed by atoms with Crippen molar-refractivity contribution in [1.82, 2.24) is 4.90 Å². The molecule has 6 rings (SSSR count). The fraction of sp³-hybridized carbons (Fsp3) is 0.147. The number of para-hydroxylation sites is 1. The second-order valence-corrected chi connectivity index (χ2v) is 10.2. The highest BCUT2D eigenvalue weighted by molar-refractivity contribution is 6.04. The first kappa shape index (κ1) is 26.1. The van der Waals surface area contributed by atoms with Crippen LogP contribution in [-0.2, 0) is 0 Å². The first-order valence-corrected chi connectivity index (χ1v) is 13.6. The van der Waals surface area contributed by atoms with Crippen LogP contribution in [0.4, 0.5) is 11.4 Å². The van der Waals surface area contributed by atoms with E-state index in [0.717, 1.165) is 35.3 Å². The Morgan fingerprint density at radius 1 is 0.756 bits per heavy atom. The number of hydrogen-bond donors (Lipinski definition) is 1. The van der Waals surface area contributed by atoms with E-state index in [2.05, 4.69) is 10.2 Å². The third-order valence-electron chi connectivity index (χ3n) is 7.46. The van der Waals surface area contributed by atoms with Gasteiger partial charge in [0.1, 0.15) is 5.58 Å². The van der Waals surface area contributed by atoms with Crippen molar-refractivity contribution < 1.29 is 14.0 Å². The van der Waals surface area contributed by atoms with Gasteiger partial charge in [-0.1, -0.05) is 48.0 Å². The maximum atomic E-state index is 12.9. The molecule has 0 spiro atoms. The Morgan fingerprint density at radius 3 is 2.12 bits per heavy atom. The molecule has 1 saturated heterocycles. The Morgan fingerprint density at radius 2 is 1.41 bits per heavy atom. The Labute approximate surface area is 237 Å². The van der Waals surface area contributed by atoms with Gasteiger partial charge in [-0.2, -0.15) is 0 Å². The summed E-state index contributed by atoms with van der Waals surface area (Å²) in [7, 11) is 0. The first-order valence-electron chi connectivity index (χ1n) is 13.6. The lowest BCUT2D eigenvalue weighted by molar-refractivity contribution is 0.0746. The second kappa shape index (κ2) is 11.1. The van der Waals surface area contributed by atoms with E-state index in [-0.39, 0.29) is 11.8 Å². The molecule has 1 aliphatic heterocycles. The van der Waals surface area contributed by atoms with Gasteiger partial charge in [-0.25, -0.2) is 4.79 Å². The van der Waals surface area contributed by atoms with E-state index in [0.29, 0.717) is 41.1 Å². The molecule has 1 aromatic heterocycles. The Bertz CT molecular complexity index is 1770. The summed E-state index contributed by atoms with van der Waals surface area (Å²) in [6.45, 7) is 4.80. The lowest BCUT2D eigenvalue weighted by atomic mass is 10.0. The molecule has 1 aliphatic rings. The molecule has 2 amide bonds. The molecule has 0 saturated carbocycles. The molecular formula is C34H29N3O4. The van der Waals surface area contributed by atoms with Gasteiger partial charge in [0.15, 0.2) is 0 Å². The smallest absolute Gasteiger partial charge is 0.344 e. The number of nitrogens with one attached hydrogen (secondary N) is 1. The summed E-state index contributed by atoms with van der Waals surface area (Å²) in [6, 6.07) is 31.5. The highest BCUT2D eigenvalue weighted by atomic mass is 16.4. The number of carbonyl (C=O) groups excluding carboxylic acids is 2. The zero-order valence-corrected chi connectivity index (χ0v) is 22.7. The molecule has 1 fully saturated rings. The number of anilines is 2. The van der Waals surface area contributed by atoms with E-state index < -0.39 is 5.63 Å². The number of amides is 2. The van der Waals surface area contributed by atoms with Gasteiger partial charge >= 0.3 is 5.63 Å². The van der Waals surface area contributed by atoms with Crippen LogP contribution in [0.5, 0.6) is 0 Å². The van der Waals surface area contributed by atoms with Crippen molar-refractivity contribution in [3.05, 3.63) is 130 Å². The summed E-state index contributed by atoms with van der Waals surface area (Å²) >= 11 is 0. The Kier molecular flexibility index (Phi) is 7.08. The number of rotatable bonds is 5. The summed E-state index contributed by atoms with van der Waals surface area (Å²) in [4.78, 5) is 42.3. The van der Waals surface area contributed by atoms with E-state index in [1.165, 1.54) is 0 Å². The zero-order valence-electron chi connectivity index (χ0n) is 22.7. The van der Waals surface area contributed by atoms with Crippen LogP contribution in [0.1, 0.15) is 26.3 Å². The minimum atomic E-state index is -0.416. The summed E-state index contributed by atoms with van der Waals surface area (Å²) in [5.74, 6) is -0.172. The maximum absolute atomic E-state index is 12.9. The minimum absolute atomic E-state index is 0.0662. The fourth-order valence-corrected chi connectivity index (χ4v) is 5.07. The predicted octanol–water partition coefficient (Wildman–Crippen LogP) is 5.98. The van der Waals surface area contributed by atoms with Gasteiger partial charge < -0.3 is 19.5 Å². The topological polar surface area (TPSA) is 82.9 Å². The molecule has 7 heteroatoms. The van der Waals surface area contributed by atoms with Gasteiger partial charge in [0.25, 0.3) is 11.8 Å². The van der Waals surface area contributed by atoms with Crippen molar-refractivity contribution in [2.45, 2.75) is 6.92 Å². The number of benzene rings is 4. The Hall–Kier alpha value is -5.17. The average Bonchev–Trinajstić information content (AvgIpc) is 3.01. The lowest BCUT2D eigenvalue weighted by Crippen LogP contribution is -2.48. The molecule has 0 bridgehead atoms. The van der Waals surface area contributed by atoms with Crippen molar-refractivity contribution >= 4 is 34.2 Å². The van der Waals surface area contributed by atoms with Crippen LogP contribution in [-0.4, -0.2) is 42.9 Å². The van der Waals surface area contributed by atoms with Gasteiger partial charge in [0, 0.05) is 54.1 Å². The molecule has 41 heavy (non-hydrogen) atoms. The third kappa shape index (κ3) is 5.61. The molecule has 1 N–H and O–H groups in total. The predicted molar refractivity (Wildman–Crippen MR) is 162 cm³/mol. The average molecular weight is 544 g/mol. The first-order chi connectivity index (χ1) is 19.9. The van der Waals surface area contributed by atoms with Gasteiger partial charge in [0.05, 0.1) is 5.56 Å². The molecular weight excluding hydrogens is 514 g/mol. The van der Waals surface area contributed by atoms with E-state index in [4.69, 9.17) is 4.42 Å². The molecule has 0 unspecified atom stereocenters. The number of nitrogens with zero attached hydrogens (tertiary/aromatic N) is 2. The largest absolute Gasteiger partial charge is 0.422 e. The second-order valence-electron chi connectivity index (χ2n) is 10.2. The SMILES string of the molecule is Cc1ccc(C(=O)N2CCN(c3ccc(NC(=O)c4ccc(-c5cc6ccccc6oc5=O)cc4)cc3)CC2)cc1. The van der Waals surface area contributed by atoms with Crippen molar-refractivity contribution in [2.75, 3.05) is 36.4 Å². The van der Waals surface area contributed by atoms with Crippen LogP contribution in [0.25, 0.3) is 22.1 Å². The summed E-state index contributed by atoms with van der Waals surface area (Å²) < 4.78 is 5.44. The van der Waals surface area contributed by atoms with Crippen LogP contribution in [0, 0.1) is 6.92 Å². The number of carbonyl (C=O) groups is 2. The highest BCUT2D eigenvalue weighted by Crippen LogP contribution is 2.23.